The van der Waals surface area contributed by atoms with Crippen molar-refractivity contribution in [2.24, 2.45) is 10.9 Å². The monoisotopic (exact) mass is 294 g/mol. The molecule has 1 aromatic rings. The maximum atomic E-state index is 14.1. The lowest BCUT2D eigenvalue weighted by Gasteiger charge is -2.09. The summed E-state index contributed by atoms with van der Waals surface area (Å²) in [7, 11) is 0. The van der Waals surface area contributed by atoms with Gasteiger partial charge in [0.2, 0.25) is 5.91 Å². The van der Waals surface area contributed by atoms with Gasteiger partial charge in [-0.2, -0.15) is 0 Å². The minimum absolute atomic E-state index is 0.0101. The molecular formula is C14H19FN4O2. The predicted molar refractivity (Wildman–Crippen MR) is 76.4 cm³/mol. The number of hydrogen-bond acceptors (Lipinski definition) is 4. The largest absolute Gasteiger partial charge is 0.409 e. The third-order valence-electron chi connectivity index (χ3n) is 3.25. The minimum Gasteiger partial charge on any atom is -0.409 e. The van der Waals surface area contributed by atoms with Crippen LogP contribution in [0.3, 0.4) is 0 Å². The number of rotatable bonds is 7. The maximum absolute atomic E-state index is 14.1. The first-order valence-electron chi connectivity index (χ1n) is 6.87. The van der Waals surface area contributed by atoms with Gasteiger partial charge in [0.15, 0.2) is 5.84 Å². The summed E-state index contributed by atoms with van der Waals surface area (Å²) in [4.78, 5) is 11.5. The van der Waals surface area contributed by atoms with Crippen LogP contribution >= 0.6 is 0 Å². The molecule has 0 aliphatic heterocycles. The Hall–Kier alpha value is -2.15. The van der Waals surface area contributed by atoms with Crippen LogP contribution in [0.5, 0.6) is 0 Å². The molecule has 5 N–H and O–H groups in total. The number of nitrogens with two attached hydrogens (primary N) is 1. The Kier molecular flexibility index (Phi) is 5.10. The van der Waals surface area contributed by atoms with Crippen molar-refractivity contribution >= 4 is 11.7 Å². The molecule has 0 saturated heterocycles. The number of nitrogens with one attached hydrogen (secondary N) is 2. The first-order valence-corrected chi connectivity index (χ1v) is 6.87. The number of amides is 1. The number of oxime groups is 1. The van der Waals surface area contributed by atoms with Crippen LogP contribution in [0.1, 0.15) is 30.4 Å². The number of benzene rings is 1. The third kappa shape index (κ3) is 4.42. The number of nitrogens with zero attached hydrogens (tertiary/aromatic N) is 1. The van der Waals surface area contributed by atoms with E-state index in [9.17, 15) is 9.18 Å². The molecule has 0 radical (unpaired) electrons. The van der Waals surface area contributed by atoms with E-state index in [4.69, 9.17) is 10.9 Å². The van der Waals surface area contributed by atoms with Crippen LogP contribution < -0.4 is 16.4 Å². The molecule has 0 atom stereocenters. The topological polar surface area (TPSA) is 99.7 Å². The molecule has 0 unspecified atom stereocenters. The second kappa shape index (κ2) is 7.03. The Morgan fingerprint density at radius 2 is 2.24 bits per heavy atom. The number of carbonyl (C=O) groups excluding carboxylic acids is 1. The van der Waals surface area contributed by atoms with Crippen molar-refractivity contribution < 1.29 is 14.4 Å². The van der Waals surface area contributed by atoms with Gasteiger partial charge in [-0.15, -0.1) is 0 Å². The molecule has 0 heterocycles. The van der Waals surface area contributed by atoms with Gasteiger partial charge < -0.3 is 21.6 Å². The summed E-state index contributed by atoms with van der Waals surface area (Å²) in [6, 6.07) is 5.04. The molecule has 1 aromatic carbocycles. The van der Waals surface area contributed by atoms with Crippen LogP contribution in [-0.4, -0.2) is 29.5 Å². The highest BCUT2D eigenvalue weighted by Crippen LogP contribution is 2.18. The van der Waals surface area contributed by atoms with E-state index in [1.807, 2.05) is 0 Å². The average molecular weight is 294 g/mol. The fourth-order valence-corrected chi connectivity index (χ4v) is 1.92. The second-order valence-corrected chi connectivity index (χ2v) is 5.03. The van der Waals surface area contributed by atoms with E-state index in [0.717, 1.165) is 12.8 Å². The molecule has 1 amide bonds. The van der Waals surface area contributed by atoms with Gasteiger partial charge in [0.05, 0.1) is 5.56 Å². The molecule has 0 spiro atoms. The molecule has 21 heavy (non-hydrogen) atoms. The molecule has 7 heteroatoms. The summed E-state index contributed by atoms with van der Waals surface area (Å²) in [5.41, 5.74) is 5.86. The Bertz CT molecular complexity index is 544. The van der Waals surface area contributed by atoms with Crippen LogP contribution in [-0.2, 0) is 11.3 Å². The number of carbonyl (C=O) groups is 1. The van der Waals surface area contributed by atoms with E-state index >= 15 is 0 Å². The highest BCUT2D eigenvalue weighted by Gasteiger charge is 2.22. The third-order valence-corrected chi connectivity index (χ3v) is 3.25. The standard InChI is InChI=1S/C14H19FN4O2/c15-13-9(2-1-3-11(13)14(16)19-21)8-17-7-6-12(20)18-10-4-5-10/h1-3,10,17,21H,4-8H2,(H2,16,19)(H,18,20). The lowest BCUT2D eigenvalue weighted by molar-refractivity contribution is -0.121. The van der Waals surface area contributed by atoms with Gasteiger partial charge in [-0.25, -0.2) is 4.39 Å². The summed E-state index contributed by atoms with van der Waals surface area (Å²) >= 11 is 0. The Labute approximate surface area is 122 Å². The van der Waals surface area contributed by atoms with Crippen molar-refractivity contribution in [1.29, 1.82) is 0 Å². The van der Waals surface area contributed by atoms with Gasteiger partial charge in [-0.3, -0.25) is 4.79 Å². The highest BCUT2D eigenvalue weighted by molar-refractivity contribution is 5.97. The van der Waals surface area contributed by atoms with Gasteiger partial charge in [-0.05, 0) is 18.9 Å². The Morgan fingerprint density at radius 1 is 1.48 bits per heavy atom. The van der Waals surface area contributed by atoms with Crippen molar-refractivity contribution in [2.45, 2.75) is 31.8 Å². The number of halogens is 1. The van der Waals surface area contributed by atoms with Gasteiger partial charge in [-0.1, -0.05) is 17.3 Å². The quantitative estimate of drug-likeness (QED) is 0.195. The summed E-state index contributed by atoms with van der Waals surface area (Å²) < 4.78 is 14.1. The van der Waals surface area contributed by atoms with Crippen LogP contribution in [0.4, 0.5) is 4.39 Å². The van der Waals surface area contributed by atoms with Crippen LogP contribution in [0.2, 0.25) is 0 Å². The first kappa shape index (κ1) is 15.2. The van der Waals surface area contributed by atoms with Gasteiger partial charge in [0, 0.05) is 31.1 Å². The van der Waals surface area contributed by atoms with Crippen molar-refractivity contribution in [3.63, 3.8) is 0 Å². The fraction of sp³-hybridized carbons (Fsp3) is 0.429. The lowest BCUT2D eigenvalue weighted by Crippen LogP contribution is -2.29. The van der Waals surface area contributed by atoms with E-state index in [-0.39, 0.29) is 23.9 Å². The zero-order valence-corrected chi connectivity index (χ0v) is 11.6. The molecule has 1 fully saturated rings. The normalized spacial score (nSPS) is 15.0. The number of hydrogen-bond donors (Lipinski definition) is 4. The van der Waals surface area contributed by atoms with Crippen molar-refractivity contribution in [3.05, 3.63) is 35.1 Å². The number of amidine groups is 1. The molecule has 1 aliphatic rings. The summed E-state index contributed by atoms with van der Waals surface area (Å²) in [5, 5.41) is 17.3. The van der Waals surface area contributed by atoms with Crippen LogP contribution in [0.25, 0.3) is 0 Å². The van der Waals surface area contributed by atoms with E-state index in [2.05, 4.69) is 15.8 Å². The second-order valence-electron chi connectivity index (χ2n) is 5.03. The predicted octanol–water partition coefficient (Wildman–Crippen LogP) is 0.678. The van der Waals surface area contributed by atoms with Crippen LogP contribution in [0, 0.1) is 5.82 Å². The van der Waals surface area contributed by atoms with E-state index in [1.165, 1.54) is 6.07 Å². The highest BCUT2D eigenvalue weighted by atomic mass is 19.1. The van der Waals surface area contributed by atoms with Gasteiger partial charge in [0.25, 0.3) is 0 Å². The molecular weight excluding hydrogens is 275 g/mol. The maximum Gasteiger partial charge on any atom is 0.221 e. The van der Waals surface area contributed by atoms with E-state index < -0.39 is 5.82 Å². The molecule has 0 aromatic heterocycles. The first-order chi connectivity index (χ1) is 10.1. The summed E-state index contributed by atoms with van der Waals surface area (Å²) in [6.45, 7) is 0.737. The molecule has 114 valence electrons. The molecule has 2 rings (SSSR count). The van der Waals surface area contributed by atoms with Crippen molar-refractivity contribution in [2.75, 3.05) is 6.54 Å². The SMILES string of the molecule is N/C(=N/O)c1cccc(CNCCC(=O)NC2CC2)c1F. The van der Waals surface area contributed by atoms with Crippen molar-refractivity contribution in [3.8, 4) is 0 Å². The van der Waals surface area contributed by atoms with E-state index in [0.29, 0.717) is 24.6 Å². The summed E-state index contributed by atoms with van der Waals surface area (Å²) in [6.07, 6.45) is 2.48. The van der Waals surface area contributed by atoms with Crippen LogP contribution in [0.15, 0.2) is 23.4 Å². The van der Waals surface area contributed by atoms with Gasteiger partial charge >= 0.3 is 0 Å². The molecule has 1 aliphatic carbocycles. The summed E-state index contributed by atoms with van der Waals surface area (Å²) in [5.74, 6) is -0.781. The molecule has 0 bridgehead atoms. The Morgan fingerprint density at radius 3 is 2.90 bits per heavy atom. The zero-order valence-electron chi connectivity index (χ0n) is 11.6. The zero-order chi connectivity index (χ0) is 15.2. The Balaban J connectivity index is 1.81. The average Bonchev–Trinajstić information content (AvgIpc) is 3.28. The van der Waals surface area contributed by atoms with Gasteiger partial charge in [0.1, 0.15) is 5.82 Å². The minimum atomic E-state index is -0.525. The van der Waals surface area contributed by atoms with E-state index in [1.54, 1.807) is 12.1 Å². The smallest absolute Gasteiger partial charge is 0.221 e. The van der Waals surface area contributed by atoms with Crippen molar-refractivity contribution in [1.82, 2.24) is 10.6 Å². The fourth-order valence-electron chi connectivity index (χ4n) is 1.92. The molecule has 6 nitrogen and oxygen atoms in total. The lowest BCUT2D eigenvalue weighted by atomic mass is 10.1. The molecule has 1 saturated carbocycles.